The molecule has 0 radical (unpaired) electrons. The van der Waals surface area contributed by atoms with Crippen LogP contribution in [0.2, 0.25) is 0 Å². The van der Waals surface area contributed by atoms with Crippen LogP contribution in [0.25, 0.3) is 5.57 Å². The van der Waals surface area contributed by atoms with Crippen molar-refractivity contribution in [3.63, 3.8) is 0 Å². The van der Waals surface area contributed by atoms with E-state index < -0.39 is 0 Å². The molecule has 0 N–H and O–H groups in total. The van der Waals surface area contributed by atoms with Crippen molar-refractivity contribution in [3.8, 4) is 11.8 Å². The molecule has 0 saturated carbocycles. The topological polar surface area (TPSA) is 49.1 Å². The maximum atomic E-state index is 9.93. The molecule has 1 aliphatic rings. The number of benzene rings is 2. The van der Waals surface area contributed by atoms with Gasteiger partial charge >= 0.3 is 0 Å². The molecule has 1 aromatic heterocycles. The average Bonchev–Trinajstić information content (AvgIpc) is 2.88. The first kappa shape index (κ1) is 21.8. The Hall–Kier alpha value is -3.42. The Morgan fingerprint density at radius 3 is 2.53 bits per heavy atom. The first-order chi connectivity index (χ1) is 15.7. The number of nitrogens with zero attached hydrogens (tertiary/aromatic N) is 3. The molecular weight excluding hydrogens is 394 g/mol. The minimum absolute atomic E-state index is 0.352. The lowest BCUT2D eigenvalue weighted by Gasteiger charge is -2.37. The zero-order chi connectivity index (χ0) is 22.2. The normalized spacial score (nSPS) is 16.3. The zero-order valence-electron chi connectivity index (χ0n) is 18.6. The summed E-state index contributed by atoms with van der Waals surface area (Å²) in [6, 6.07) is 25.1. The Labute approximate surface area is 190 Å². The number of rotatable bonds is 7. The predicted molar refractivity (Wildman–Crippen MR) is 128 cm³/mol. The highest BCUT2D eigenvalue weighted by Gasteiger charge is 2.36. The first-order valence-electron chi connectivity index (χ1n) is 11.2. The molecule has 2 heterocycles. The summed E-state index contributed by atoms with van der Waals surface area (Å²) in [6.07, 6.45) is 8.70. The van der Waals surface area contributed by atoms with Crippen LogP contribution in [-0.4, -0.2) is 36.6 Å². The van der Waals surface area contributed by atoms with E-state index in [-0.39, 0.29) is 5.41 Å². The fourth-order valence-corrected chi connectivity index (χ4v) is 4.49. The molecule has 1 aliphatic heterocycles. The highest BCUT2D eigenvalue weighted by Crippen LogP contribution is 2.35. The molecule has 4 heteroatoms. The minimum Gasteiger partial charge on any atom is -0.497 e. The van der Waals surface area contributed by atoms with E-state index >= 15 is 0 Å². The Kier molecular flexibility index (Phi) is 6.99. The summed E-state index contributed by atoms with van der Waals surface area (Å²) >= 11 is 0. The number of pyridine rings is 1. The molecule has 4 rings (SSSR count). The minimum atomic E-state index is -0.352. The van der Waals surface area contributed by atoms with Gasteiger partial charge in [-0.1, -0.05) is 54.6 Å². The van der Waals surface area contributed by atoms with Gasteiger partial charge in [0, 0.05) is 24.5 Å². The highest BCUT2D eigenvalue weighted by molar-refractivity contribution is 5.79. The Morgan fingerprint density at radius 1 is 1.06 bits per heavy atom. The lowest BCUT2D eigenvalue weighted by Crippen LogP contribution is -2.42. The van der Waals surface area contributed by atoms with Gasteiger partial charge in [-0.05, 0) is 67.3 Å². The number of likely N-dealkylation sites (tertiary alicyclic amines) is 1. The number of ether oxygens (including phenoxy) is 1. The standard InChI is InChI=1S/C28H29N3O/c1-32-26-12-5-8-23(20-26)27(24-9-6-16-30-21-24)13-7-17-31-18-14-28(22-29,15-19-31)25-10-3-2-4-11-25/h2-6,8-13,16,20-21H,7,14-15,17-19H2,1H3/b27-13+. The quantitative estimate of drug-likeness (QED) is 0.506. The van der Waals surface area contributed by atoms with Gasteiger partial charge in [0.05, 0.1) is 18.6 Å². The Morgan fingerprint density at radius 2 is 1.84 bits per heavy atom. The van der Waals surface area contributed by atoms with Crippen LogP contribution in [0, 0.1) is 11.3 Å². The monoisotopic (exact) mass is 423 g/mol. The van der Waals surface area contributed by atoms with E-state index in [0.29, 0.717) is 0 Å². The summed E-state index contributed by atoms with van der Waals surface area (Å²) < 4.78 is 5.43. The van der Waals surface area contributed by atoms with Gasteiger partial charge in [0.1, 0.15) is 5.75 Å². The van der Waals surface area contributed by atoms with Gasteiger partial charge in [-0.3, -0.25) is 4.98 Å². The van der Waals surface area contributed by atoms with Gasteiger partial charge < -0.3 is 9.64 Å². The van der Waals surface area contributed by atoms with Crippen LogP contribution in [0.4, 0.5) is 0 Å². The van der Waals surface area contributed by atoms with Crippen LogP contribution in [-0.2, 0) is 5.41 Å². The van der Waals surface area contributed by atoms with Gasteiger partial charge in [0.25, 0.3) is 0 Å². The number of nitriles is 1. The molecule has 0 amide bonds. The summed E-state index contributed by atoms with van der Waals surface area (Å²) in [5, 5.41) is 9.93. The van der Waals surface area contributed by atoms with Crippen molar-refractivity contribution in [2.75, 3.05) is 26.7 Å². The molecule has 1 saturated heterocycles. The van der Waals surface area contributed by atoms with E-state index in [0.717, 1.165) is 61.3 Å². The molecule has 0 unspecified atom stereocenters. The van der Waals surface area contributed by atoms with Crippen LogP contribution >= 0.6 is 0 Å². The van der Waals surface area contributed by atoms with Gasteiger partial charge in [0.2, 0.25) is 0 Å². The summed E-state index contributed by atoms with van der Waals surface area (Å²) in [7, 11) is 1.69. The number of piperidine rings is 1. The summed E-state index contributed by atoms with van der Waals surface area (Å²) in [4.78, 5) is 6.79. The van der Waals surface area contributed by atoms with Gasteiger partial charge in [-0.25, -0.2) is 0 Å². The van der Waals surface area contributed by atoms with Crippen LogP contribution in [0.5, 0.6) is 5.75 Å². The van der Waals surface area contributed by atoms with Crippen LogP contribution in [0.1, 0.15) is 36.0 Å². The summed E-state index contributed by atoms with van der Waals surface area (Å²) in [5.74, 6) is 0.849. The molecule has 0 atom stereocenters. The number of hydrogen-bond donors (Lipinski definition) is 0. The summed E-state index contributed by atoms with van der Waals surface area (Å²) in [5.41, 5.74) is 4.20. The molecule has 0 spiro atoms. The largest absolute Gasteiger partial charge is 0.497 e. The molecule has 32 heavy (non-hydrogen) atoms. The molecule has 2 aromatic carbocycles. The van der Waals surface area contributed by atoms with Crippen molar-refractivity contribution < 1.29 is 4.74 Å². The van der Waals surface area contributed by atoms with Gasteiger partial charge in [-0.2, -0.15) is 5.26 Å². The van der Waals surface area contributed by atoms with Crippen LogP contribution < -0.4 is 4.74 Å². The summed E-state index contributed by atoms with van der Waals surface area (Å²) in [6.45, 7) is 2.86. The Bertz CT molecular complexity index is 1080. The highest BCUT2D eigenvalue weighted by atomic mass is 16.5. The number of hydrogen-bond acceptors (Lipinski definition) is 4. The lowest BCUT2D eigenvalue weighted by molar-refractivity contribution is 0.189. The molecule has 0 aliphatic carbocycles. The molecule has 0 bridgehead atoms. The fourth-order valence-electron chi connectivity index (χ4n) is 4.49. The maximum absolute atomic E-state index is 9.93. The molecule has 1 fully saturated rings. The van der Waals surface area contributed by atoms with E-state index in [2.05, 4.69) is 52.4 Å². The Balaban J connectivity index is 1.45. The second kappa shape index (κ2) is 10.3. The number of aromatic nitrogens is 1. The molecule has 3 aromatic rings. The fraction of sp³-hybridized carbons (Fsp3) is 0.286. The van der Waals surface area contributed by atoms with Crippen molar-refractivity contribution in [1.29, 1.82) is 5.26 Å². The van der Waals surface area contributed by atoms with Crippen molar-refractivity contribution >= 4 is 5.57 Å². The third-order valence-electron chi connectivity index (χ3n) is 6.40. The van der Waals surface area contributed by atoms with E-state index in [1.54, 1.807) is 13.3 Å². The smallest absolute Gasteiger partial charge is 0.119 e. The lowest BCUT2D eigenvalue weighted by atomic mass is 9.74. The molecule has 162 valence electrons. The van der Waals surface area contributed by atoms with E-state index in [9.17, 15) is 5.26 Å². The van der Waals surface area contributed by atoms with Crippen LogP contribution in [0.15, 0.2) is 85.2 Å². The van der Waals surface area contributed by atoms with Crippen molar-refractivity contribution in [2.24, 2.45) is 0 Å². The van der Waals surface area contributed by atoms with Crippen LogP contribution in [0.3, 0.4) is 0 Å². The SMILES string of the molecule is COc1cccc(/C(=C\CCN2CCC(C#N)(c3ccccc3)CC2)c2cccnc2)c1. The average molecular weight is 424 g/mol. The predicted octanol–water partition coefficient (Wildman–Crippen LogP) is 5.47. The van der Waals surface area contributed by atoms with E-state index in [1.807, 2.05) is 42.6 Å². The van der Waals surface area contributed by atoms with Crippen molar-refractivity contribution in [2.45, 2.75) is 24.7 Å². The van der Waals surface area contributed by atoms with Crippen molar-refractivity contribution in [1.82, 2.24) is 9.88 Å². The van der Waals surface area contributed by atoms with E-state index in [1.165, 1.54) is 5.57 Å². The first-order valence-corrected chi connectivity index (χ1v) is 11.2. The second-order valence-corrected chi connectivity index (χ2v) is 8.28. The third-order valence-corrected chi connectivity index (χ3v) is 6.40. The van der Waals surface area contributed by atoms with E-state index in [4.69, 9.17) is 4.74 Å². The van der Waals surface area contributed by atoms with Gasteiger partial charge in [0.15, 0.2) is 0 Å². The van der Waals surface area contributed by atoms with Crippen molar-refractivity contribution in [3.05, 3.63) is 102 Å². The maximum Gasteiger partial charge on any atom is 0.119 e. The number of methoxy groups -OCH3 is 1. The molecular formula is C28H29N3O. The zero-order valence-corrected chi connectivity index (χ0v) is 18.6. The van der Waals surface area contributed by atoms with Gasteiger partial charge in [-0.15, -0.1) is 0 Å². The molecule has 4 nitrogen and oxygen atoms in total. The second-order valence-electron chi connectivity index (χ2n) is 8.28. The third kappa shape index (κ3) is 4.90.